The number of aliphatic hydroxyl groups excluding tert-OH is 1. The van der Waals surface area contributed by atoms with Gasteiger partial charge in [-0.25, -0.2) is 0 Å². The lowest BCUT2D eigenvalue weighted by Gasteiger charge is -2.24. The van der Waals surface area contributed by atoms with Gasteiger partial charge in [-0.05, 0) is 25.0 Å². The Kier molecular flexibility index (Phi) is 6.04. The number of allylic oxidation sites excluding steroid dienone is 1. The molecule has 0 saturated heterocycles. The molecule has 1 aromatic carbocycles. The summed E-state index contributed by atoms with van der Waals surface area (Å²) >= 11 is 0. The van der Waals surface area contributed by atoms with Crippen LogP contribution >= 0.6 is 0 Å². The molecule has 1 aliphatic heterocycles. The van der Waals surface area contributed by atoms with Crippen molar-refractivity contribution in [3.63, 3.8) is 0 Å². The van der Waals surface area contributed by atoms with Crippen LogP contribution < -0.4 is 15.5 Å². The number of hydrogen-bond acceptors (Lipinski definition) is 7. The lowest BCUT2D eigenvalue weighted by atomic mass is 10.1. The summed E-state index contributed by atoms with van der Waals surface area (Å²) in [5, 5.41) is 25.1. The number of methoxy groups -OCH3 is 1. The number of esters is 1. The predicted octanol–water partition coefficient (Wildman–Crippen LogP) is 1.19. The molecule has 0 radical (unpaired) electrons. The van der Waals surface area contributed by atoms with Gasteiger partial charge in [0.25, 0.3) is 0 Å². The van der Waals surface area contributed by atoms with Gasteiger partial charge in [0.15, 0.2) is 0 Å². The Morgan fingerprint density at radius 1 is 1.50 bits per heavy atom. The number of nitrogens with zero attached hydrogens (tertiary/aromatic N) is 2. The van der Waals surface area contributed by atoms with Crippen molar-refractivity contribution in [2.75, 3.05) is 37.5 Å². The van der Waals surface area contributed by atoms with Crippen molar-refractivity contribution >= 4 is 17.3 Å². The van der Waals surface area contributed by atoms with Crippen molar-refractivity contribution in [1.29, 1.82) is 5.26 Å². The molecule has 1 unspecified atom stereocenters. The van der Waals surface area contributed by atoms with Crippen molar-refractivity contribution in [1.82, 2.24) is 5.32 Å². The fourth-order valence-corrected chi connectivity index (χ4v) is 2.67. The second kappa shape index (κ2) is 8.22. The molecule has 0 aromatic heterocycles. The summed E-state index contributed by atoms with van der Waals surface area (Å²) in [5.41, 5.74) is 3.08. The second-order valence-corrected chi connectivity index (χ2v) is 5.44. The van der Waals surface area contributed by atoms with Crippen molar-refractivity contribution < 1.29 is 14.6 Å². The smallest absolute Gasteiger partial charge is 0.325 e. The molecule has 7 nitrogen and oxygen atoms in total. The number of fused-ring (bicyclic) bond motifs is 1. The van der Waals surface area contributed by atoms with E-state index in [0.717, 1.165) is 11.4 Å². The maximum atomic E-state index is 11.4. The fourth-order valence-electron chi connectivity index (χ4n) is 2.67. The number of carbonyl (C=O) groups is 1. The van der Waals surface area contributed by atoms with Crippen molar-refractivity contribution in [2.24, 2.45) is 0 Å². The number of para-hydroxylation sites is 2. The quantitative estimate of drug-likeness (QED) is 0.510. The molecule has 1 atom stereocenters. The maximum absolute atomic E-state index is 11.4. The lowest BCUT2D eigenvalue weighted by Crippen LogP contribution is -2.36. The Hall–Kier alpha value is -2.72. The van der Waals surface area contributed by atoms with Crippen LogP contribution in [-0.2, 0) is 9.53 Å². The molecule has 0 fully saturated rings. The average molecular weight is 330 g/mol. The highest BCUT2D eigenvalue weighted by Crippen LogP contribution is 2.35. The van der Waals surface area contributed by atoms with Crippen LogP contribution in [0.1, 0.15) is 12.8 Å². The van der Waals surface area contributed by atoms with Gasteiger partial charge in [0.2, 0.25) is 0 Å². The zero-order valence-corrected chi connectivity index (χ0v) is 13.9. The van der Waals surface area contributed by atoms with Crippen molar-refractivity contribution in [3.8, 4) is 6.07 Å². The third-order valence-electron chi connectivity index (χ3n) is 3.94. The third kappa shape index (κ3) is 3.78. The molecule has 0 spiro atoms. The van der Waals surface area contributed by atoms with Gasteiger partial charge >= 0.3 is 5.97 Å². The van der Waals surface area contributed by atoms with E-state index in [0.29, 0.717) is 24.1 Å². The van der Waals surface area contributed by atoms with Gasteiger partial charge in [0.1, 0.15) is 18.8 Å². The SMILES string of the molecule is COC(=O)CN/C(CCCO)=C(/C#N)C1Nc2ccccc2N1C. The number of aliphatic hydroxyl groups is 1. The van der Waals surface area contributed by atoms with Gasteiger partial charge in [-0.15, -0.1) is 0 Å². The number of hydrogen-bond donors (Lipinski definition) is 3. The molecule has 1 aromatic rings. The number of benzene rings is 1. The first-order valence-corrected chi connectivity index (χ1v) is 7.75. The Balaban J connectivity index is 2.28. The summed E-state index contributed by atoms with van der Waals surface area (Å²) in [5.74, 6) is -0.412. The second-order valence-electron chi connectivity index (χ2n) is 5.44. The number of nitrogens with one attached hydrogen (secondary N) is 2. The fraction of sp³-hybridized carbons (Fsp3) is 0.412. The normalized spacial score (nSPS) is 16.6. The standard InChI is InChI=1S/C17H22N4O3/c1-21-15-8-4-3-6-14(15)20-17(21)12(10-18)13(7-5-9-22)19-11-16(23)24-2/h3-4,6,8,17,19-20,22H,5,7,9,11H2,1-2H3/b13-12-. The molecule has 0 aliphatic carbocycles. The first kappa shape index (κ1) is 17.6. The van der Waals surface area contributed by atoms with Gasteiger partial charge in [0, 0.05) is 19.4 Å². The first-order valence-electron chi connectivity index (χ1n) is 7.75. The van der Waals surface area contributed by atoms with Gasteiger partial charge in [-0.1, -0.05) is 12.1 Å². The van der Waals surface area contributed by atoms with Gasteiger partial charge in [-0.3, -0.25) is 4.79 Å². The van der Waals surface area contributed by atoms with Crippen LogP contribution in [0.15, 0.2) is 35.5 Å². The molecule has 2 rings (SSSR count). The lowest BCUT2D eigenvalue weighted by molar-refractivity contribution is -0.139. The molecule has 0 amide bonds. The van der Waals surface area contributed by atoms with E-state index in [-0.39, 0.29) is 19.3 Å². The Morgan fingerprint density at radius 3 is 2.88 bits per heavy atom. The monoisotopic (exact) mass is 330 g/mol. The van der Waals surface area contributed by atoms with Crippen LogP contribution in [0.5, 0.6) is 0 Å². The minimum atomic E-state index is -0.412. The Bertz CT molecular complexity index is 666. The summed E-state index contributed by atoms with van der Waals surface area (Å²) in [6.07, 6.45) is 0.642. The minimum Gasteiger partial charge on any atom is -0.468 e. The topological polar surface area (TPSA) is 97.6 Å². The van der Waals surface area contributed by atoms with Gasteiger partial charge < -0.3 is 25.4 Å². The summed E-state index contributed by atoms with van der Waals surface area (Å²) in [7, 11) is 3.22. The summed E-state index contributed by atoms with van der Waals surface area (Å²) in [4.78, 5) is 13.4. The Labute approximate surface area is 141 Å². The van der Waals surface area contributed by atoms with Crippen LogP contribution in [0.4, 0.5) is 11.4 Å². The molecule has 1 aliphatic rings. The van der Waals surface area contributed by atoms with Gasteiger partial charge in [-0.2, -0.15) is 5.26 Å². The van der Waals surface area contributed by atoms with E-state index in [1.165, 1.54) is 7.11 Å². The largest absolute Gasteiger partial charge is 0.468 e. The molecule has 0 saturated carbocycles. The van der Waals surface area contributed by atoms with Crippen LogP contribution in [-0.4, -0.2) is 44.6 Å². The number of nitriles is 1. The molecule has 7 heteroatoms. The maximum Gasteiger partial charge on any atom is 0.325 e. The highest BCUT2D eigenvalue weighted by molar-refractivity contribution is 5.78. The third-order valence-corrected chi connectivity index (χ3v) is 3.94. The zero-order chi connectivity index (χ0) is 17.5. The molecular formula is C17H22N4O3. The molecule has 128 valence electrons. The molecule has 24 heavy (non-hydrogen) atoms. The number of likely N-dealkylation sites (N-methyl/N-ethyl adjacent to an activating group) is 1. The number of ether oxygens (including phenoxy) is 1. The highest BCUT2D eigenvalue weighted by atomic mass is 16.5. The van der Waals surface area contributed by atoms with E-state index < -0.39 is 5.97 Å². The minimum absolute atomic E-state index is 0.0102. The van der Waals surface area contributed by atoms with Crippen molar-refractivity contribution in [3.05, 3.63) is 35.5 Å². The predicted molar refractivity (Wildman–Crippen MR) is 91.2 cm³/mol. The zero-order valence-electron chi connectivity index (χ0n) is 13.9. The van der Waals surface area contributed by atoms with E-state index in [9.17, 15) is 10.1 Å². The molecular weight excluding hydrogens is 308 g/mol. The Morgan fingerprint density at radius 2 is 2.25 bits per heavy atom. The van der Waals surface area contributed by atoms with Crippen LogP contribution in [0.3, 0.4) is 0 Å². The average Bonchev–Trinajstić information content (AvgIpc) is 2.94. The molecule has 0 bridgehead atoms. The van der Waals surface area contributed by atoms with E-state index in [4.69, 9.17) is 5.11 Å². The van der Waals surface area contributed by atoms with Crippen LogP contribution in [0, 0.1) is 11.3 Å². The number of rotatable bonds is 7. The van der Waals surface area contributed by atoms with E-state index in [1.54, 1.807) is 0 Å². The molecule has 1 heterocycles. The van der Waals surface area contributed by atoms with Crippen LogP contribution in [0.2, 0.25) is 0 Å². The highest BCUT2D eigenvalue weighted by Gasteiger charge is 2.30. The summed E-state index contributed by atoms with van der Waals surface area (Å²) < 4.78 is 4.63. The van der Waals surface area contributed by atoms with E-state index in [2.05, 4.69) is 21.4 Å². The first-order chi connectivity index (χ1) is 11.6. The summed E-state index contributed by atoms with van der Waals surface area (Å²) in [6, 6.07) is 10.0. The van der Waals surface area contributed by atoms with Crippen molar-refractivity contribution in [2.45, 2.75) is 19.0 Å². The summed E-state index contributed by atoms with van der Waals surface area (Å²) in [6.45, 7) is -0.0118. The van der Waals surface area contributed by atoms with E-state index >= 15 is 0 Å². The van der Waals surface area contributed by atoms with E-state index in [1.807, 2.05) is 36.2 Å². The van der Waals surface area contributed by atoms with Gasteiger partial charge in [0.05, 0.1) is 24.1 Å². The number of anilines is 2. The molecule has 3 N–H and O–H groups in total. The number of carbonyl (C=O) groups excluding carboxylic acids is 1. The van der Waals surface area contributed by atoms with Crippen LogP contribution in [0.25, 0.3) is 0 Å².